The van der Waals surface area contributed by atoms with Gasteiger partial charge >= 0.3 is 0 Å². The molecule has 0 N–H and O–H groups in total. The molecule has 0 atom stereocenters. The highest BCUT2D eigenvalue weighted by Crippen LogP contribution is 2.19. The van der Waals surface area contributed by atoms with Gasteiger partial charge in [0, 0.05) is 31.9 Å². The summed E-state index contributed by atoms with van der Waals surface area (Å²) in [5.41, 5.74) is 1.29. The summed E-state index contributed by atoms with van der Waals surface area (Å²) in [5, 5.41) is 0. The second-order valence-electron chi connectivity index (χ2n) is 5.82. The van der Waals surface area contributed by atoms with E-state index in [-0.39, 0.29) is 11.3 Å². The molecule has 0 bridgehead atoms. The SMILES string of the molecule is CCN(CCc1ccncc1)C(=O)CC(C)(C)C. The molecule has 0 radical (unpaired) electrons. The van der Waals surface area contributed by atoms with Crippen LogP contribution >= 0.6 is 0 Å². The first-order valence-electron chi connectivity index (χ1n) is 6.59. The third-order valence-corrected chi connectivity index (χ3v) is 2.84. The molecule has 3 heteroatoms. The van der Waals surface area contributed by atoms with Crippen molar-refractivity contribution >= 4 is 5.91 Å². The summed E-state index contributed by atoms with van der Waals surface area (Å²) in [5.74, 6) is 0.249. The van der Waals surface area contributed by atoms with Crippen molar-refractivity contribution < 1.29 is 4.79 Å². The summed E-state index contributed by atoms with van der Waals surface area (Å²) in [4.78, 5) is 18.1. The Bertz CT molecular complexity index is 368. The van der Waals surface area contributed by atoms with Crippen molar-refractivity contribution in [3.8, 4) is 0 Å². The highest BCUT2D eigenvalue weighted by atomic mass is 16.2. The number of rotatable bonds is 5. The topological polar surface area (TPSA) is 33.2 Å². The lowest BCUT2D eigenvalue weighted by Gasteiger charge is -2.25. The Labute approximate surface area is 110 Å². The molecule has 0 spiro atoms. The summed E-state index contributed by atoms with van der Waals surface area (Å²) >= 11 is 0. The molecule has 0 aliphatic rings. The smallest absolute Gasteiger partial charge is 0.223 e. The minimum atomic E-state index is 0.0567. The molecule has 0 aliphatic heterocycles. The highest BCUT2D eigenvalue weighted by Gasteiger charge is 2.19. The summed E-state index contributed by atoms with van der Waals surface area (Å²) in [7, 11) is 0. The Kier molecular flexibility index (Phi) is 5.32. The van der Waals surface area contributed by atoms with Crippen LogP contribution in [0.2, 0.25) is 0 Å². The summed E-state index contributed by atoms with van der Waals surface area (Å²) in [6.07, 6.45) is 5.09. The summed E-state index contributed by atoms with van der Waals surface area (Å²) < 4.78 is 0. The van der Waals surface area contributed by atoms with Crippen LogP contribution in [0.5, 0.6) is 0 Å². The number of likely N-dealkylation sites (N-methyl/N-ethyl adjacent to an activating group) is 1. The minimum absolute atomic E-state index is 0.0567. The molecule has 0 saturated carbocycles. The van der Waals surface area contributed by atoms with Gasteiger partial charge in [0.15, 0.2) is 0 Å². The number of hydrogen-bond acceptors (Lipinski definition) is 2. The molecular weight excluding hydrogens is 224 g/mol. The fourth-order valence-electron chi connectivity index (χ4n) is 1.84. The van der Waals surface area contributed by atoms with Gasteiger partial charge in [-0.3, -0.25) is 9.78 Å². The molecule has 1 aromatic heterocycles. The Morgan fingerprint density at radius 2 is 1.89 bits per heavy atom. The molecule has 0 aliphatic carbocycles. The van der Waals surface area contributed by atoms with E-state index in [1.807, 2.05) is 24.0 Å². The van der Waals surface area contributed by atoms with Crippen molar-refractivity contribution in [3.05, 3.63) is 30.1 Å². The Morgan fingerprint density at radius 1 is 1.28 bits per heavy atom. The fraction of sp³-hybridized carbons (Fsp3) is 0.600. The van der Waals surface area contributed by atoms with Gasteiger partial charge in [0.05, 0.1) is 0 Å². The van der Waals surface area contributed by atoms with Crippen LogP contribution in [0.3, 0.4) is 0 Å². The first-order chi connectivity index (χ1) is 8.42. The monoisotopic (exact) mass is 248 g/mol. The minimum Gasteiger partial charge on any atom is -0.343 e. The molecule has 0 fully saturated rings. The van der Waals surface area contributed by atoms with E-state index in [1.54, 1.807) is 12.4 Å². The van der Waals surface area contributed by atoms with E-state index in [0.717, 1.165) is 19.5 Å². The maximum Gasteiger partial charge on any atom is 0.223 e. The average molecular weight is 248 g/mol. The van der Waals surface area contributed by atoms with Crippen LogP contribution in [0, 0.1) is 5.41 Å². The van der Waals surface area contributed by atoms with Crippen molar-refractivity contribution in [2.45, 2.75) is 40.5 Å². The van der Waals surface area contributed by atoms with Crippen LogP contribution in [0.15, 0.2) is 24.5 Å². The van der Waals surface area contributed by atoms with E-state index < -0.39 is 0 Å². The number of pyridine rings is 1. The van der Waals surface area contributed by atoms with Crippen LogP contribution in [0.4, 0.5) is 0 Å². The Balaban J connectivity index is 2.50. The second kappa shape index (κ2) is 6.53. The lowest BCUT2D eigenvalue weighted by molar-refractivity contribution is -0.132. The molecule has 1 rings (SSSR count). The Hall–Kier alpha value is -1.38. The van der Waals surface area contributed by atoms with Crippen molar-refractivity contribution in [1.29, 1.82) is 0 Å². The second-order valence-corrected chi connectivity index (χ2v) is 5.82. The van der Waals surface area contributed by atoms with Crippen LogP contribution < -0.4 is 0 Å². The zero-order chi connectivity index (χ0) is 13.6. The molecule has 100 valence electrons. The van der Waals surface area contributed by atoms with Gasteiger partial charge in [-0.05, 0) is 36.5 Å². The predicted molar refractivity (Wildman–Crippen MR) is 74.3 cm³/mol. The van der Waals surface area contributed by atoms with E-state index in [1.165, 1.54) is 5.56 Å². The van der Waals surface area contributed by atoms with Crippen LogP contribution in [-0.2, 0) is 11.2 Å². The van der Waals surface area contributed by atoms with Gasteiger partial charge in [0.1, 0.15) is 0 Å². The quantitative estimate of drug-likeness (QED) is 0.802. The molecule has 1 aromatic rings. The maximum atomic E-state index is 12.1. The third-order valence-electron chi connectivity index (χ3n) is 2.84. The van der Waals surface area contributed by atoms with Crippen molar-refractivity contribution in [3.63, 3.8) is 0 Å². The molecule has 0 unspecified atom stereocenters. The standard InChI is InChI=1S/C15H24N2O/c1-5-17(14(18)12-15(2,3)4)11-8-13-6-9-16-10-7-13/h6-7,9-10H,5,8,11-12H2,1-4H3. The van der Waals surface area contributed by atoms with Gasteiger partial charge in [-0.25, -0.2) is 0 Å². The van der Waals surface area contributed by atoms with Crippen molar-refractivity contribution in [1.82, 2.24) is 9.88 Å². The fourth-order valence-corrected chi connectivity index (χ4v) is 1.84. The van der Waals surface area contributed by atoms with Gasteiger partial charge in [0.2, 0.25) is 5.91 Å². The predicted octanol–water partition coefficient (Wildman–Crippen LogP) is 2.91. The van der Waals surface area contributed by atoms with E-state index >= 15 is 0 Å². The number of carbonyl (C=O) groups excluding carboxylic acids is 1. The molecule has 1 heterocycles. The molecule has 1 amide bonds. The summed E-state index contributed by atoms with van der Waals surface area (Å²) in [6.45, 7) is 9.90. The van der Waals surface area contributed by atoms with Gasteiger partial charge in [-0.15, -0.1) is 0 Å². The molecule has 0 aromatic carbocycles. The third kappa shape index (κ3) is 5.30. The first kappa shape index (κ1) is 14.7. The number of hydrogen-bond donors (Lipinski definition) is 0. The van der Waals surface area contributed by atoms with Gasteiger partial charge < -0.3 is 4.90 Å². The zero-order valence-electron chi connectivity index (χ0n) is 11.9. The largest absolute Gasteiger partial charge is 0.343 e. The molecule has 0 saturated heterocycles. The first-order valence-corrected chi connectivity index (χ1v) is 6.59. The van der Waals surface area contributed by atoms with E-state index in [0.29, 0.717) is 6.42 Å². The number of nitrogens with zero attached hydrogens (tertiary/aromatic N) is 2. The van der Waals surface area contributed by atoms with Crippen LogP contribution in [0.1, 0.15) is 39.7 Å². The zero-order valence-corrected chi connectivity index (χ0v) is 11.9. The number of amides is 1. The number of carbonyl (C=O) groups is 1. The van der Waals surface area contributed by atoms with E-state index in [2.05, 4.69) is 25.8 Å². The molecule has 3 nitrogen and oxygen atoms in total. The lowest BCUT2D eigenvalue weighted by Crippen LogP contribution is -2.35. The molecular formula is C15H24N2O. The Morgan fingerprint density at radius 3 is 2.39 bits per heavy atom. The van der Waals surface area contributed by atoms with Gasteiger partial charge in [-0.1, -0.05) is 20.8 Å². The summed E-state index contributed by atoms with van der Waals surface area (Å²) in [6, 6.07) is 4.00. The lowest BCUT2D eigenvalue weighted by atomic mass is 9.91. The highest BCUT2D eigenvalue weighted by molar-refractivity contribution is 5.76. The van der Waals surface area contributed by atoms with E-state index in [9.17, 15) is 4.79 Å². The maximum absolute atomic E-state index is 12.1. The van der Waals surface area contributed by atoms with Crippen LogP contribution in [0.25, 0.3) is 0 Å². The van der Waals surface area contributed by atoms with Crippen LogP contribution in [-0.4, -0.2) is 28.9 Å². The van der Waals surface area contributed by atoms with E-state index in [4.69, 9.17) is 0 Å². The number of aromatic nitrogens is 1. The van der Waals surface area contributed by atoms with Crippen molar-refractivity contribution in [2.24, 2.45) is 5.41 Å². The van der Waals surface area contributed by atoms with Gasteiger partial charge in [-0.2, -0.15) is 0 Å². The normalized spacial score (nSPS) is 11.3. The molecule has 18 heavy (non-hydrogen) atoms. The average Bonchev–Trinajstić information content (AvgIpc) is 2.29. The van der Waals surface area contributed by atoms with Crippen molar-refractivity contribution in [2.75, 3.05) is 13.1 Å². The van der Waals surface area contributed by atoms with Gasteiger partial charge in [0.25, 0.3) is 0 Å².